The lowest BCUT2D eigenvalue weighted by molar-refractivity contribution is -0.177. The molecule has 0 radical (unpaired) electrons. The Hall–Kier alpha value is -2.24. The summed E-state index contributed by atoms with van der Waals surface area (Å²) in [6, 6.07) is 13.1. The molecule has 3 aliphatic rings. The highest BCUT2D eigenvalue weighted by Crippen LogP contribution is 2.46. The van der Waals surface area contributed by atoms with E-state index in [0.717, 1.165) is 25.9 Å². The third-order valence-electron chi connectivity index (χ3n) is 6.00. The second kappa shape index (κ2) is 6.49. The van der Waals surface area contributed by atoms with Gasteiger partial charge in [0, 0.05) is 18.0 Å². The first-order valence-electron chi connectivity index (χ1n) is 9.03. The van der Waals surface area contributed by atoms with Crippen LogP contribution in [-0.4, -0.2) is 40.7 Å². The number of nitrogens with zero attached hydrogens (tertiary/aromatic N) is 1. The fourth-order valence-electron chi connectivity index (χ4n) is 4.62. The van der Waals surface area contributed by atoms with Gasteiger partial charge in [0.25, 0.3) is 0 Å². The van der Waals surface area contributed by atoms with Crippen LogP contribution < -0.4 is 0 Å². The number of aliphatic hydroxyl groups is 1. The summed E-state index contributed by atoms with van der Waals surface area (Å²) in [6.45, 7) is 2.46. The summed E-state index contributed by atoms with van der Waals surface area (Å²) in [6.07, 6.45) is 1.78. The van der Waals surface area contributed by atoms with Crippen molar-refractivity contribution in [2.45, 2.75) is 18.4 Å². The van der Waals surface area contributed by atoms with Crippen molar-refractivity contribution >= 4 is 5.97 Å². The molecular weight excluding hydrogens is 333 g/mol. The van der Waals surface area contributed by atoms with Gasteiger partial charge in [0.15, 0.2) is 5.60 Å². The molecular formula is C21H22FNO3. The lowest BCUT2D eigenvalue weighted by Gasteiger charge is -2.49. The zero-order chi connectivity index (χ0) is 18.3. The number of carboxylic acids is 1. The van der Waals surface area contributed by atoms with Gasteiger partial charge in [-0.2, -0.15) is 0 Å². The molecule has 26 heavy (non-hydrogen) atoms. The molecule has 0 aromatic heterocycles. The molecule has 2 aromatic carbocycles. The molecule has 2 bridgehead atoms. The van der Waals surface area contributed by atoms with E-state index in [1.165, 1.54) is 18.2 Å². The molecule has 3 saturated heterocycles. The predicted octanol–water partition coefficient (Wildman–Crippen LogP) is 3.11. The van der Waals surface area contributed by atoms with Gasteiger partial charge in [-0.25, -0.2) is 9.18 Å². The van der Waals surface area contributed by atoms with Crippen LogP contribution in [0.2, 0.25) is 0 Å². The predicted molar refractivity (Wildman–Crippen MR) is 96.0 cm³/mol. The summed E-state index contributed by atoms with van der Waals surface area (Å²) >= 11 is 0. The topological polar surface area (TPSA) is 60.8 Å². The Bertz CT molecular complexity index is 817. The maximum atomic E-state index is 14.0. The number of hydrogen-bond acceptors (Lipinski definition) is 3. The van der Waals surface area contributed by atoms with Crippen LogP contribution in [0.15, 0.2) is 48.5 Å². The number of benzene rings is 2. The van der Waals surface area contributed by atoms with Gasteiger partial charge in [0.05, 0.1) is 0 Å². The minimum absolute atomic E-state index is 0.162. The second-order valence-corrected chi connectivity index (χ2v) is 7.37. The molecule has 2 aromatic rings. The monoisotopic (exact) mass is 355 g/mol. The molecule has 4 nitrogen and oxygen atoms in total. The number of rotatable bonds is 4. The fourth-order valence-corrected chi connectivity index (χ4v) is 4.62. The van der Waals surface area contributed by atoms with Crippen molar-refractivity contribution < 1.29 is 19.4 Å². The first-order valence-corrected chi connectivity index (χ1v) is 9.03. The van der Waals surface area contributed by atoms with E-state index in [1.807, 2.05) is 18.2 Å². The highest BCUT2D eigenvalue weighted by atomic mass is 19.1. The van der Waals surface area contributed by atoms with Crippen molar-refractivity contribution in [3.8, 4) is 11.1 Å². The molecule has 5 heteroatoms. The van der Waals surface area contributed by atoms with Crippen molar-refractivity contribution in [1.82, 2.24) is 4.90 Å². The fraction of sp³-hybridized carbons (Fsp3) is 0.381. The highest BCUT2D eigenvalue weighted by Gasteiger charge is 2.53. The summed E-state index contributed by atoms with van der Waals surface area (Å²) in [5.41, 5.74) is -0.630. The molecule has 3 heterocycles. The number of carboxylic acid groups (broad SMARTS) is 1. The molecule has 3 aliphatic heterocycles. The SMILES string of the molecule is O=C(O)C(O)(c1ccc(F)cc1-c1ccccc1)C1CN2CCC1CC2. The smallest absolute Gasteiger partial charge is 0.340 e. The minimum Gasteiger partial charge on any atom is -0.479 e. The maximum absolute atomic E-state index is 14.0. The zero-order valence-corrected chi connectivity index (χ0v) is 14.4. The molecule has 0 aliphatic carbocycles. The lowest BCUT2D eigenvalue weighted by Crippen LogP contribution is -2.57. The van der Waals surface area contributed by atoms with Crippen molar-refractivity contribution in [3.05, 3.63) is 59.9 Å². The second-order valence-electron chi connectivity index (χ2n) is 7.37. The number of halogens is 1. The molecule has 0 saturated carbocycles. The van der Waals surface area contributed by atoms with E-state index in [9.17, 15) is 19.4 Å². The van der Waals surface area contributed by atoms with Crippen LogP contribution in [0.5, 0.6) is 0 Å². The van der Waals surface area contributed by atoms with Gasteiger partial charge >= 0.3 is 5.97 Å². The maximum Gasteiger partial charge on any atom is 0.340 e. The molecule has 0 amide bonds. The van der Waals surface area contributed by atoms with Crippen LogP contribution in [0.4, 0.5) is 4.39 Å². The molecule has 5 rings (SSSR count). The Morgan fingerprint density at radius 2 is 1.81 bits per heavy atom. The number of aliphatic carboxylic acids is 1. The standard InChI is InChI=1S/C21H22FNO3/c22-16-6-7-18(17(12-16)14-4-2-1-3-5-14)21(26,20(24)25)19-13-23-10-8-15(19)9-11-23/h1-7,12,15,19,26H,8-11,13H2,(H,24,25). The van der Waals surface area contributed by atoms with Gasteiger partial charge in [0.1, 0.15) is 5.82 Å². The molecule has 2 atom stereocenters. The van der Waals surface area contributed by atoms with Crippen molar-refractivity contribution in [2.75, 3.05) is 19.6 Å². The Morgan fingerprint density at radius 1 is 1.12 bits per heavy atom. The van der Waals surface area contributed by atoms with E-state index < -0.39 is 23.3 Å². The molecule has 136 valence electrons. The van der Waals surface area contributed by atoms with E-state index in [0.29, 0.717) is 17.7 Å². The van der Waals surface area contributed by atoms with Crippen molar-refractivity contribution in [3.63, 3.8) is 0 Å². The van der Waals surface area contributed by atoms with Crippen molar-refractivity contribution in [2.24, 2.45) is 11.8 Å². The van der Waals surface area contributed by atoms with Crippen LogP contribution in [0.3, 0.4) is 0 Å². The molecule has 0 spiro atoms. The Balaban J connectivity index is 1.87. The summed E-state index contributed by atoms with van der Waals surface area (Å²) in [5.74, 6) is -1.96. The van der Waals surface area contributed by atoms with Crippen LogP contribution in [-0.2, 0) is 10.4 Å². The van der Waals surface area contributed by atoms with E-state index in [4.69, 9.17) is 0 Å². The van der Waals surface area contributed by atoms with Gasteiger partial charge in [-0.05, 0) is 55.1 Å². The van der Waals surface area contributed by atoms with E-state index in [-0.39, 0.29) is 11.5 Å². The van der Waals surface area contributed by atoms with Crippen molar-refractivity contribution in [1.29, 1.82) is 0 Å². The summed E-state index contributed by atoms with van der Waals surface area (Å²) in [7, 11) is 0. The van der Waals surface area contributed by atoms with Crippen LogP contribution in [0, 0.1) is 17.7 Å². The van der Waals surface area contributed by atoms with E-state index in [2.05, 4.69) is 4.90 Å². The Morgan fingerprint density at radius 3 is 2.38 bits per heavy atom. The third-order valence-corrected chi connectivity index (χ3v) is 6.00. The van der Waals surface area contributed by atoms with Gasteiger partial charge in [-0.3, -0.25) is 0 Å². The third kappa shape index (κ3) is 2.72. The quantitative estimate of drug-likeness (QED) is 0.885. The van der Waals surface area contributed by atoms with Gasteiger partial charge in [0.2, 0.25) is 0 Å². The largest absolute Gasteiger partial charge is 0.479 e. The average molecular weight is 355 g/mol. The van der Waals surface area contributed by atoms with Gasteiger partial charge < -0.3 is 15.1 Å². The summed E-state index contributed by atoms with van der Waals surface area (Å²) in [5, 5.41) is 21.5. The number of hydrogen-bond donors (Lipinski definition) is 2. The summed E-state index contributed by atoms with van der Waals surface area (Å²) < 4.78 is 14.0. The van der Waals surface area contributed by atoms with Crippen LogP contribution in [0.25, 0.3) is 11.1 Å². The first kappa shape index (κ1) is 17.2. The number of fused-ring (bicyclic) bond motifs is 3. The number of carbonyl (C=O) groups is 1. The zero-order valence-electron chi connectivity index (χ0n) is 14.4. The normalized spacial score (nSPS) is 27.1. The first-order chi connectivity index (χ1) is 12.5. The van der Waals surface area contributed by atoms with E-state index in [1.54, 1.807) is 12.1 Å². The van der Waals surface area contributed by atoms with Crippen LogP contribution in [0.1, 0.15) is 18.4 Å². The Labute approximate surface area is 151 Å². The van der Waals surface area contributed by atoms with E-state index >= 15 is 0 Å². The average Bonchev–Trinajstić information content (AvgIpc) is 2.68. The molecule has 2 N–H and O–H groups in total. The molecule has 3 fully saturated rings. The van der Waals surface area contributed by atoms with Gasteiger partial charge in [-0.1, -0.05) is 36.4 Å². The lowest BCUT2D eigenvalue weighted by atomic mass is 9.66. The highest BCUT2D eigenvalue weighted by molar-refractivity contribution is 5.84. The minimum atomic E-state index is -2.04. The summed E-state index contributed by atoms with van der Waals surface area (Å²) in [4.78, 5) is 14.5. The Kier molecular flexibility index (Phi) is 4.29. The van der Waals surface area contributed by atoms with Crippen LogP contribution >= 0.6 is 0 Å². The van der Waals surface area contributed by atoms with Gasteiger partial charge in [-0.15, -0.1) is 0 Å². The number of piperidine rings is 3. The molecule has 2 unspecified atom stereocenters.